The number of benzene rings is 2. The van der Waals surface area contributed by atoms with Gasteiger partial charge >= 0.3 is 0 Å². The summed E-state index contributed by atoms with van der Waals surface area (Å²) in [7, 11) is 0. The molecule has 1 fully saturated rings. The van der Waals surface area contributed by atoms with Crippen molar-refractivity contribution in [1.82, 2.24) is 4.90 Å². The molecule has 0 bridgehead atoms. The van der Waals surface area contributed by atoms with Crippen LogP contribution in [0.2, 0.25) is 0 Å². The minimum atomic E-state index is 0.574. The fourth-order valence-electron chi connectivity index (χ4n) is 5.57. The quantitative estimate of drug-likeness (QED) is 0.557. The van der Waals surface area contributed by atoms with Gasteiger partial charge in [-0.2, -0.15) is 0 Å². The first kappa shape index (κ1) is 18.9. The molecule has 31 heavy (non-hydrogen) atoms. The van der Waals surface area contributed by atoms with Crippen LogP contribution >= 0.6 is 0 Å². The van der Waals surface area contributed by atoms with Gasteiger partial charge in [-0.15, -0.1) is 0 Å². The van der Waals surface area contributed by atoms with Gasteiger partial charge in [-0.3, -0.25) is 4.90 Å². The monoisotopic (exact) mass is 411 g/mol. The van der Waals surface area contributed by atoms with Gasteiger partial charge in [0.25, 0.3) is 0 Å². The van der Waals surface area contributed by atoms with Crippen molar-refractivity contribution in [3.8, 4) is 11.1 Å². The summed E-state index contributed by atoms with van der Waals surface area (Å²) in [6.45, 7) is 7.09. The van der Waals surface area contributed by atoms with Crippen molar-refractivity contribution in [2.45, 2.75) is 32.8 Å². The SMILES string of the molecule is CCN1CC[C@H]2COC3=CC=C(OCc4cccc5c4Cc4ccccc4-5)CC3=C2C1. The maximum Gasteiger partial charge on any atom is 0.123 e. The van der Waals surface area contributed by atoms with Crippen LogP contribution in [0.3, 0.4) is 0 Å². The molecule has 2 aliphatic heterocycles. The molecule has 2 aromatic carbocycles. The molecule has 3 heteroatoms. The van der Waals surface area contributed by atoms with Crippen molar-refractivity contribution in [1.29, 1.82) is 0 Å². The maximum atomic E-state index is 6.39. The van der Waals surface area contributed by atoms with Crippen LogP contribution in [0.5, 0.6) is 0 Å². The molecule has 1 saturated heterocycles. The van der Waals surface area contributed by atoms with E-state index in [9.17, 15) is 0 Å². The molecule has 6 rings (SSSR count). The Hall–Kier alpha value is -2.78. The Morgan fingerprint density at radius 3 is 2.87 bits per heavy atom. The summed E-state index contributed by atoms with van der Waals surface area (Å²) >= 11 is 0. The lowest BCUT2D eigenvalue weighted by molar-refractivity contribution is 0.123. The Labute approximate surface area is 184 Å². The maximum absolute atomic E-state index is 6.39. The summed E-state index contributed by atoms with van der Waals surface area (Å²) in [4.78, 5) is 2.55. The highest BCUT2D eigenvalue weighted by atomic mass is 16.5. The molecule has 2 aromatic rings. The smallest absolute Gasteiger partial charge is 0.123 e. The summed E-state index contributed by atoms with van der Waals surface area (Å²) in [5.41, 5.74) is 9.84. The second-order valence-electron chi connectivity index (χ2n) is 9.08. The molecule has 2 heterocycles. The standard InChI is InChI=1S/C28H29NO2/c1-2-29-13-12-21-18-31-28-11-10-22(15-26(28)27(21)16-29)30-17-20-7-5-9-24-23-8-4-3-6-19(23)14-25(20)24/h3-11,21H,2,12-18H2,1H3/t21-/m0/s1. The predicted molar refractivity (Wildman–Crippen MR) is 123 cm³/mol. The lowest BCUT2D eigenvalue weighted by Gasteiger charge is -2.39. The number of piperidine rings is 1. The Balaban J connectivity index is 1.22. The van der Waals surface area contributed by atoms with Gasteiger partial charge in [-0.25, -0.2) is 0 Å². The fraction of sp³-hybridized carbons (Fsp3) is 0.357. The number of allylic oxidation sites excluding steroid dienone is 4. The van der Waals surface area contributed by atoms with Gasteiger partial charge in [0.2, 0.25) is 0 Å². The molecule has 0 unspecified atom stereocenters. The minimum Gasteiger partial charge on any atom is -0.493 e. The highest BCUT2D eigenvalue weighted by molar-refractivity contribution is 5.77. The van der Waals surface area contributed by atoms with Crippen LogP contribution in [-0.2, 0) is 22.5 Å². The average molecular weight is 412 g/mol. The second kappa shape index (κ2) is 7.72. The first-order valence-electron chi connectivity index (χ1n) is 11.6. The largest absolute Gasteiger partial charge is 0.493 e. The highest BCUT2D eigenvalue weighted by Crippen LogP contribution is 2.41. The van der Waals surface area contributed by atoms with Crippen molar-refractivity contribution in [3.63, 3.8) is 0 Å². The van der Waals surface area contributed by atoms with Crippen LogP contribution in [0.25, 0.3) is 11.1 Å². The van der Waals surface area contributed by atoms with Gasteiger partial charge in [0.15, 0.2) is 0 Å². The third-order valence-electron chi connectivity index (χ3n) is 7.39. The van der Waals surface area contributed by atoms with Gasteiger partial charge in [0, 0.05) is 24.5 Å². The normalized spacial score (nSPS) is 21.9. The predicted octanol–water partition coefficient (Wildman–Crippen LogP) is 5.61. The van der Waals surface area contributed by atoms with E-state index in [0.29, 0.717) is 12.5 Å². The fourth-order valence-corrected chi connectivity index (χ4v) is 5.57. The van der Waals surface area contributed by atoms with Crippen molar-refractivity contribution in [2.75, 3.05) is 26.2 Å². The van der Waals surface area contributed by atoms with Crippen molar-refractivity contribution in [3.05, 3.63) is 94.0 Å². The average Bonchev–Trinajstić information content (AvgIpc) is 3.21. The van der Waals surface area contributed by atoms with Crippen LogP contribution in [0.1, 0.15) is 36.5 Å². The van der Waals surface area contributed by atoms with E-state index in [2.05, 4.69) is 66.4 Å². The molecule has 0 spiro atoms. The minimum absolute atomic E-state index is 0.574. The molecule has 1 atom stereocenters. The topological polar surface area (TPSA) is 21.7 Å². The molecule has 4 aliphatic rings. The Morgan fingerprint density at radius 2 is 1.94 bits per heavy atom. The number of hydrogen-bond acceptors (Lipinski definition) is 3. The number of rotatable bonds is 4. The zero-order valence-corrected chi connectivity index (χ0v) is 18.2. The van der Waals surface area contributed by atoms with Gasteiger partial charge < -0.3 is 9.47 Å². The van der Waals surface area contributed by atoms with E-state index in [0.717, 1.165) is 44.1 Å². The number of fused-ring (bicyclic) bond motifs is 5. The van der Waals surface area contributed by atoms with Gasteiger partial charge in [-0.05, 0) is 71.5 Å². The van der Waals surface area contributed by atoms with E-state index in [-0.39, 0.29) is 0 Å². The molecule has 0 N–H and O–H groups in total. The van der Waals surface area contributed by atoms with E-state index < -0.39 is 0 Å². The van der Waals surface area contributed by atoms with E-state index >= 15 is 0 Å². The lowest BCUT2D eigenvalue weighted by Crippen LogP contribution is -2.39. The zero-order valence-electron chi connectivity index (χ0n) is 18.2. The third kappa shape index (κ3) is 3.32. The van der Waals surface area contributed by atoms with Gasteiger partial charge in [0.1, 0.15) is 18.1 Å². The molecule has 0 radical (unpaired) electrons. The molecule has 2 aliphatic carbocycles. The van der Waals surface area contributed by atoms with E-state index in [4.69, 9.17) is 9.47 Å². The van der Waals surface area contributed by atoms with Crippen molar-refractivity contribution in [2.24, 2.45) is 5.92 Å². The number of nitrogens with zero attached hydrogens (tertiary/aromatic N) is 1. The zero-order chi connectivity index (χ0) is 20.8. The van der Waals surface area contributed by atoms with Crippen LogP contribution in [0, 0.1) is 5.92 Å². The first-order valence-corrected chi connectivity index (χ1v) is 11.6. The summed E-state index contributed by atoms with van der Waals surface area (Å²) in [5.74, 6) is 2.69. The summed E-state index contributed by atoms with van der Waals surface area (Å²) in [6, 6.07) is 15.4. The van der Waals surface area contributed by atoms with Crippen LogP contribution < -0.4 is 0 Å². The molecular weight excluding hydrogens is 382 g/mol. The number of likely N-dealkylation sites (tertiary alicyclic amines) is 1. The molecule has 3 nitrogen and oxygen atoms in total. The molecular formula is C28H29NO2. The Kier molecular flexibility index (Phi) is 4.72. The Morgan fingerprint density at radius 1 is 1.03 bits per heavy atom. The first-order chi connectivity index (χ1) is 15.3. The summed E-state index contributed by atoms with van der Waals surface area (Å²) < 4.78 is 12.5. The van der Waals surface area contributed by atoms with Crippen LogP contribution in [-0.4, -0.2) is 31.1 Å². The van der Waals surface area contributed by atoms with Crippen LogP contribution in [0.4, 0.5) is 0 Å². The van der Waals surface area contributed by atoms with E-state index in [1.807, 2.05) is 0 Å². The lowest BCUT2D eigenvalue weighted by atomic mass is 9.83. The highest BCUT2D eigenvalue weighted by Gasteiger charge is 2.33. The molecule has 0 aromatic heterocycles. The third-order valence-corrected chi connectivity index (χ3v) is 7.39. The molecule has 0 amide bonds. The molecule has 0 saturated carbocycles. The number of ether oxygens (including phenoxy) is 2. The Bertz CT molecular complexity index is 1120. The second-order valence-corrected chi connectivity index (χ2v) is 9.08. The van der Waals surface area contributed by atoms with E-state index in [1.165, 1.54) is 46.4 Å². The van der Waals surface area contributed by atoms with Gasteiger partial charge in [-0.1, -0.05) is 49.4 Å². The number of likely N-dealkylation sites (N-methyl/N-ethyl adjacent to an activating group) is 1. The summed E-state index contributed by atoms with van der Waals surface area (Å²) in [5, 5.41) is 0. The molecule has 158 valence electrons. The van der Waals surface area contributed by atoms with Crippen LogP contribution in [0.15, 0.2) is 77.3 Å². The van der Waals surface area contributed by atoms with Gasteiger partial charge in [0.05, 0.1) is 6.61 Å². The van der Waals surface area contributed by atoms with Crippen molar-refractivity contribution < 1.29 is 9.47 Å². The number of hydrogen-bond donors (Lipinski definition) is 0. The van der Waals surface area contributed by atoms with Crippen molar-refractivity contribution >= 4 is 0 Å². The summed E-state index contributed by atoms with van der Waals surface area (Å²) in [6.07, 6.45) is 7.29. The van der Waals surface area contributed by atoms with E-state index in [1.54, 1.807) is 5.57 Å².